The molecule has 9 heteroatoms. The number of methoxy groups -OCH3 is 1. The third kappa shape index (κ3) is 3.86. The summed E-state index contributed by atoms with van der Waals surface area (Å²) in [6.45, 7) is 1.88. The van der Waals surface area contributed by atoms with Crippen LogP contribution >= 0.6 is 11.3 Å². The number of carbonyl (C=O) groups is 1. The topological polar surface area (TPSA) is 98.6 Å². The van der Waals surface area contributed by atoms with E-state index < -0.39 is 0 Å². The van der Waals surface area contributed by atoms with Crippen LogP contribution in [-0.4, -0.2) is 50.6 Å². The van der Waals surface area contributed by atoms with Gasteiger partial charge in [0.05, 0.1) is 12.0 Å². The third-order valence-electron chi connectivity index (χ3n) is 4.83. The highest BCUT2D eigenvalue weighted by atomic mass is 32.1. The van der Waals surface area contributed by atoms with Crippen molar-refractivity contribution in [2.24, 2.45) is 0 Å². The molecule has 5 rings (SSSR count). The zero-order chi connectivity index (χ0) is 20.2. The Morgan fingerprint density at radius 1 is 1.17 bits per heavy atom. The van der Waals surface area contributed by atoms with Gasteiger partial charge in [-0.3, -0.25) is 4.79 Å². The molecular formula is C20H22N6O2S. The van der Waals surface area contributed by atoms with Gasteiger partial charge in [-0.15, -0.1) is 11.3 Å². The molecule has 0 atom stereocenters. The van der Waals surface area contributed by atoms with Crippen molar-refractivity contribution in [2.45, 2.75) is 19.3 Å². The highest BCUT2D eigenvalue weighted by Gasteiger charge is 2.18. The van der Waals surface area contributed by atoms with Crippen LogP contribution in [0.2, 0.25) is 0 Å². The van der Waals surface area contributed by atoms with Gasteiger partial charge in [-0.25, -0.2) is 9.97 Å². The SMILES string of the molecule is COc1cccc2c1nc(N)n1ncnc21.O=C(c1cccs1)N1CCCCC1. The molecular weight excluding hydrogens is 388 g/mol. The van der Waals surface area contributed by atoms with Crippen molar-refractivity contribution in [1.82, 2.24) is 24.5 Å². The summed E-state index contributed by atoms with van der Waals surface area (Å²) < 4.78 is 6.73. The molecule has 0 aliphatic carbocycles. The second-order valence-electron chi connectivity index (χ2n) is 6.65. The Labute approximate surface area is 171 Å². The summed E-state index contributed by atoms with van der Waals surface area (Å²) in [6.07, 6.45) is 5.05. The number of carbonyl (C=O) groups excluding carboxylic acids is 1. The largest absolute Gasteiger partial charge is 0.494 e. The minimum atomic E-state index is 0.217. The second kappa shape index (κ2) is 8.44. The first-order chi connectivity index (χ1) is 14.2. The van der Waals surface area contributed by atoms with Crippen LogP contribution in [0.3, 0.4) is 0 Å². The van der Waals surface area contributed by atoms with Gasteiger partial charge in [-0.05, 0) is 42.8 Å². The average molecular weight is 411 g/mol. The molecule has 0 saturated carbocycles. The molecule has 0 unspecified atom stereocenters. The number of thiophene rings is 1. The van der Waals surface area contributed by atoms with Gasteiger partial charge >= 0.3 is 0 Å². The summed E-state index contributed by atoms with van der Waals surface area (Å²) in [7, 11) is 1.60. The normalized spacial score (nSPS) is 13.9. The number of amides is 1. The Hall–Kier alpha value is -3.20. The Kier molecular flexibility index (Phi) is 5.57. The van der Waals surface area contributed by atoms with Gasteiger partial charge in [-0.1, -0.05) is 12.1 Å². The van der Waals surface area contributed by atoms with Crippen LogP contribution in [-0.2, 0) is 0 Å². The lowest BCUT2D eigenvalue weighted by Gasteiger charge is -2.26. The Morgan fingerprint density at radius 2 is 2.00 bits per heavy atom. The van der Waals surface area contributed by atoms with Crippen molar-refractivity contribution >= 4 is 39.7 Å². The second-order valence-corrected chi connectivity index (χ2v) is 7.60. The van der Waals surface area contributed by atoms with E-state index in [9.17, 15) is 4.79 Å². The van der Waals surface area contributed by atoms with Crippen molar-refractivity contribution in [3.05, 3.63) is 46.9 Å². The molecule has 29 heavy (non-hydrogen) atoms. The summed E-state index contributed by atoms with van der Waals surface area (Å²) in [5.74, 6) is 1.19. The average Bonchev–Trinajstić information content (AvgIpc) is 3.47. The minimum Gasteiger partial charge on any atom is -0.494 e. The molecule has 1 aliphatic heterocycles. The predicted octanol–water partition coefficient (Wildman–Crippen LogP) is 3.24. The van der Waals surface area contributed by atoms with Crippen LogP contribution in [0.15, 0.2) is 42.0 Å². The van der Waals surface area contributed by atoms with Crippen LogP contribution in [0.25, 0.3) is 16.6 Å². The third-order valence-corrected chi connectivity index (χ3v) is 5.68. The number of hydrogen-bond acceptors (Lipinski definition) is 7. The van der Waals surface area contributed by atoms with E-state index in [0.717, 1.165) is 36.2 Å². The molecule has 1 aliphatic rings. The summed E-state index contributed by atoms with van der Waals surface area (Å²) in [5.41, 5.74) is 7.16. The summed E-state index contributed by atoms with van der Waals surface area (Å²) in [6, 6.07) is 9.47. The van der Waals surface area contributed by atoms with Crippen LogP contribution in [0.1, 0.15) is 28.9 Å². The number of aromatic nitrogens is 4. The van der Waals surface area contributed by atoms with E-state index in [1.54, 1.807) is 7.11 Å². The molecule has 1 aromatic carbocycles. The molecule has 4 aromatic rings. The fourth-order valence-corrected chi connectivity index (χ4v) is 4.08. The maximum Gasteiger partial charge on any atom is 0.263 e. The number of nitrogens with zero attached hydrogens (tertiary/aromatic N) is 5. The van der Waals surface area contributed by atoms with E-state index in [1.165, 1.54) is 28.6 Å². The van der Waals surface area contributed by atoms with Crippen LogP contribution in [0, 0.1) is 0 Å². The number of benzene rings is 1. The number of rotatable bonds is 2. The van der Waals surface area contributed by atoms with E-state index in [4.69, 9.17) is 10.5 Å². The molecule has 4 heterocycles. The van der Waals surface area contributed by atoms with E-state index in [0.29, 0.717) is 22.9 Å². The van der Waals surface area contributed by atoms with Gasteiger partial charge in [0.1, 0.15) is 17.6 Å². The number of nitrogens with two attached hydrogens (primary N) is 1. The maximum atomic E-state index is 11.8. The van der Waals surface area contributed by atoms with Crippen molar-refractivity contribution in [3.8, 4) is 5.75 Å². The monoisotopic (exact) mass is 410 g/mol. The van der Waals surface area contributed by atoms with Gasteiger partial charge in [0.15, 0.2) is 5.65 Å². The first kappa shape index (κ1) is 19.1. The zero-order valence-electron chi connectivity index (χ0n) is 16.1. The lowest BCUT2D eigenvalue weighted by Crippen LogP contribution is -2.35. The van der Waals surface area contributed by atoms with E-state index in [1.807, 2.05) is 40.6 Å². The van der Waals surface area contributed by atoms with Crippen molar-refractivity contribution < 1.29 is 9.53 Å². The van der Waals surface area contributed by atoms with Crippen molar-refractivity contribution in [1.29, 1.82) is 0 Å². The standard InChI is InChI=1S/C10H9N5O.C10H13NOS/c1-16-7-4-2-3-6-8(7)14-10(11)15-9(6)12-5-13-15;12-10(9-5-4-8-13-9)11-6-2-1-3-7-11/h2-5H,1H3,(H2,11,14);4-5,8H,1-3,6-7H2. The minimum absolute atomic E-state index is 0.217. The first-order valence-corrected chi connectivity index (χ1v) is 10.3. The Bertz CT molecular complexity index is 1120. The molecule has 150 valence electrons. The van der Waals surface area contributed by atoms with Crippen molar-refractivity contribution in [3.63, 3.8) is 0 Å². The highest BCUT2D eigenvalue weighted by molar-refractivity contribution is 7.12. The van der Waals surface area contributed by atoms with Gasteiger partial charge in [0.25, 0.3) is 5.91 Å². The van der Waals surface area contributed by atoms with Crippen LogP contribution in [0.5, 0.6) is 5.75 Å². The molecule has 2 N–H and O–H groups in total. The smallest absolute Gasteiger partial charge is 0.263 e. The van der Waals surface area contributed by atoms with Crippen molar-refractivity contribution in [2.75, 3.05) is 25.9 Å². The molecule has 1 amide bonds. The molecule has 3 aromatic heterocycles. The van der Waals surface area contributed by atoms with Gasteiger partial charge in [0, 0.05) is 18.5 Å². The van der Waals surface area contributed by atoms with Crippen LogP contribution < -0.4 is 10.5 Å². The molecule has 1 saturated heterocycles. The summed E-state index contributed by atoms with van der Waals surface area (Å²) in [4.78, 5) is 23.1. The predicted molar refractivity (Wildman–Crippen MR) is 113 cm³/mol. The number of para-hydroxylation sites is 1. The van der Waals surface area contributed by atoms with E-state index in [-0.39, 0.29) is 5.91 Å². The summed E-state index contributed by atoms with van der Waals surface area (Å²) in [5, 5.41) is 6.82. The van der Waals surface area contributed by atoms with E-state index >= 15 is 0 Å². The number of likely N-dealkylation sites (tertiary alicyclic amines) is 1. The Morgan fingerprint density at radius 3 is 2.72 bits per heavy atom. The molecule has 1 fully saturated rings. The quantitative estimate of drug-likeness (QED) is 0.545. The number of hydrogen-bond donors (Lipinski definition) is 1. The summed E-state index contributed by atoms with van der Waals surface area (Å²) >= 11 is 1.53. The molecule has 0 bridgehead atoms. The zero-order valence-corrected chi connectivity index (χ0v) is 16.9. The molecule has 0 spiro atoms. The number of nitrogen functional groups attached to an aromatic ring is 1. The van der Waals surface area contributed by atoms with Gasteiger partial charge in [-0.2, -0.15) is 9.61 Å². The number of fused-ring (bicyclic) bond motifs is 3. The van der Waals surface area contributed by atoms with Crippen LogP contribution in [0.4, 0.5) is 5.95 Å². The molecule has 8 nitrogen and oxygen atoms in total. The van der Waals surface area contributed by atoms with Gasteiger partial charge < -0.3 is 15.4 Å². The fourth-order valence-electron chi connectivity index (χ4n) is 3.39. The van der Waals surface area contributed by atoms with Gasteiger partial charge in [0.2, 0.25) is 5.95 Å². The highest BCUT2D eigenvalue weighted by Crippen LogP contribution is 2.26. The Balaban J connectivity index is 0.000000145. The number of anilines is 1. The lowest BCUT2D eigenvalue weighted by molar-refractivity contribution is 0.0729. The maximum absolute atomic E-state index is 11.8. The molecule has 0 radical (unpaired) electrons. The fraction of sp³-hybridized carbons (Fsp3) is 0.300. The van der Waals surface area contributed by atoms with E-state index in [2.05, 4.69) is 15.1 Å². The lowest BCUT2D eigenvalue weighted by atomic mass is 10.1. The number of piperidine rings is 1. The first-order valence-electron chi connectivity index (χ1n) is 9.43. The number of ether oxygens (including phenoxy) is 1.